The molecule has 0 aliphatic carbocycles. The number of thiazole rings is 1. The summed E-state index contributed by atoms with van der Waals surface area (Å²) in [6, 6.07) is 0.167. The third kappa shape index (κ3) is 3.62. The fraction of sp³-hybridized carbons (Fsp3) is 0.615. The van der Waals surface area contributed by atoms with Gasteiger partial charge in [0.15, 0.2) is 0 Å². The molecule has 2 nitrogen and oxygen atoms in total. The van der Waals surface area contributed by atoms with E-state index in [0.717, 1.165) is 13.0 Å². The number of aromatic nitrogens is 1. The molecule has 0 aliphatic heterocycles. The van der Waals surface area contributed by atoms with Crippen molar-refractivity contribution >= 4 is 11.3 Å². The molecule has 1 aromatic heterocycles. The maximum absolute atomic E-state index is 5.40. The number of nitrogens with zero attached hydrogens (tertiary/aromatic N) is 1. The Morgan fingerprint density at radius 3 is 2.69 bits per heavy atom. The summed E-state index contributed by atoms with van der Waals surface area (Å²) >= 11 is 1.76. The summed E-state index contributed by atoms with van der Waals surface area (Å²) in [5.41, 5.74) is 0.138. The second-order valence-corrected chi connectivity index (χ2v) is 6.01. The average Bonchev–Trinajstić information content (AvgIpc) is 2.67. The van der Waals surface area contributed by atoms with E-state index in [0.29, 0.717) is 0 Å². The van der Waals surface area contributed by atoms with Crippen molar-refractivity contribution in [3.63, 3.8) is 0 Å². The third-order valence-electron chi connectivity index (χ3n) is 2.33. The van der Waals surface area contributed by atoms with Gasteiger partial charge < -0.3 is 0 Å². The van der Waals surface area contributed by atoms with Crippen LogP contribution in [0.2, 0.25) is 0 Å². The topological polar surface area (TPSA) is 24.9 Å². The van der Waals surface area contributed by atoms with Crippen LogP contribution in [0.5, 0.6) is 0 Å². The van der Waals surface area contributed by atoms with Crippen LogP contribution in [0.25, 0.3) is 0 Å². The van der Waals surface area contributed by atoms with Crippen molar-refractivity contribution in [2.45, 2.75) is 52.1 Å². The zero-order valence-corrected chi connectivity index (χ0v) is 11.3. The summed E-state index contributed by atoms with van der Waals surface area (Å²) in [5.74, 6) is 2.73. The van der Waals surface area contributed by atoms with E-state index >= 15 is 0 Å². The second-order valence-electron chi connectivity index (χ2n) is 4.89. The minimum atomic E-state index is 0.138. The zero-order valence-electron chi connectivity index (χ0n) is 10.5. The van der Waals surface area contributed by atoms with Gasteiger partial charge in [-0.1, -0.05) is 33.6 Å². The maximum Gasteiger partial charge on any atom is 0.0981 e. The SMILES string of the molecule is C#CC(CC)NCc1cnc(C(C)(C)C)s1. The molecule has 1 N–H and O–H groups in total. The third-order valence-corrected chi connectivity index (χ3v) is 3.75. The van der Waals surface area contributed by atoms with E-state index in [2.05, 4.69) is 43.9 Å². The van der Waals surface area contributed by atoms with E-state index in [-0.39, 0.29) is 11.5 Å². The van der Waals surface area contributed by atoms with Crippen molar-refractivity contribution in [3.8, 4) is 12.3 Å². The van der Waals surface area contributed by atoms with Gasteiger partial charge in [0.05, 0.1) is 11.0 Å². The molecule has 1 heterocycles. The monoisotopic (exact) mass is 236 g/mol. The predicted octanol–water partition coefficient (Wildman–Crippen LogP) is 2.94. The van der Waals surface area contributed by atoms with Gasteiger partial charge in [-0.15, -0.1) is 17.8 Å². The molecule has 0 saturated carbocycles. The lowest BCUT2D eigenvalue weighted by atomic mass is 9.98. The Kier molecular flexibility index (Phi) is 4.52. The Balaban J connectivity index is 2.57. The number of nitrogens with one attached hydrogen (secondary N) is 1. The van der Waals surface area contributed by atoms with Crippen molar-refractivity contribution in [2.75, 3.05) is 0 Å². The predicted molar refractivity (Wildman–Crippen MR) is 70.6 cm³/mol. The molecule has 0 fully saturated rings. The lowest BCUT2D eigenvalue weighted by Gasteiger charge is -2.13. The van der Waals surface area contributed by atoms with Gasteiger partial charge in [-0.3, -0.25) is 5.32 Å². The molecule has 1 rings (SSSR count). The van der Waals surface area contributed by atoms with Crippen LogP contribution in [-0.2, 0) is 12.0 Å². The molecule has 1 atom stereocenters. The van der Waals surface area contributed by atoms with Crippen LogP contribution >= 0.6 is 11.3 Å². The molecule has 3 heteroatoms. The molecular formula is C13H20N2S. The summed E-state index contributed by atoms with van der Waals surface area (Å²) in [7, 11) is 0. The Morgan fingerprint density at radius 1 is 1.56 bits per heavy atom. The summed E-state index contributed by atoms with van der Waals surface area (Å²) in [6.07, 6.45) is 8.30. The molecule has 0 aromatic carbocycles. The van der Waals surface area contributed by atoms with Crippen molar-refractivity contribution < 1.29 is 0 Å². The van der Waals surface area contributed by atoms with Gasteiger partial charge in [-0.2, -0.15) is 0 Å². The molecular weight excluding hydrogens is 216 g/mol. The Bertz CT molecular complexity index is 368. The lowest BCUT2D eigenvalue weighted by Crippen LogP contribution is -2.25. The van der Waals surface area contributed by atoms with Crippen molar-refractivity contribution in [3.05, 3.63) is 16.1 Å². The minimum absolute atomic E-state index is 0.138. The number of rotatable bonds is 4. The first-order valence-electron chi connectivity index (χ1n) is 5.62. The van der Waals surface area contributed by atoms with E-state index < -0.39 is 0 Å². The Labute approximate surface area is 102 Å². The van der Waals surface area contributed by atoms with Gasteiger partial charge in [0.1, 0.15) is 0 Å². The van der Waals surface area contributed by atoms with Crippen LogP contribution in [0.3, 0.4) is 0 Å². The van der Waals surface area contributed by atoms with Crippen molar-refractivity contribution in [2.24, 2.45) is 0 Å². The van der Waals surface area contributed by atoms with Gasteiger partial charge in [-0.05, 0) is 6.42 Å². The quantitative estimate of drug-likeness (QED) is 0.813. The first kappa shape index (κ1) is 13.2. The highest BCUT2D eigenvalue weighted by molar-refractivity contribution is 7.11. The van der Waals surface area contributed by atoms with Crippen LogP contribution in [0, 0.1) is 12.3 Å². The van der Waals surface area contributed by atoms with Gasteiger partial charge >= 0.3 is 0 Å². The van der Waals surface area contributed by atoms with E-state index in [4.69, 9.17) is 6.42 Å². The highest BCUT2D eigenvalue weighted by Gasteiger charge is 2.17. The van der Waals surface area contributed by atoms with Crippen molar-refractivity contribution in [1.82, 2.24) is 10.3 Å². The van der Waals surface area contributed by atoms with E-state index in [1.165, 1.54) is 9.88 Å². The second kappa shape index (κ2) is 5.47. The Hall–Kier alpha value is -0.850. The highest BCUT2D eigenvalue weighted by Crippen LogP contribution is 2.26. The minimum Gasteiger partial charge on any atom is -0.299 e. The molecule has 16 heavy (non-hydrogen) atoms. The standard InChI is InChI=1S/C13H20N2S/c1-6-10(7-2)14-8-11-9-15-12(16-11)13(3,4)5/h1,9-10,14H,7-8H2,2-5H3. The van der Waals surface area contributed by atoms with Crippen LogP contribution in [0.15, 0.2) is 6.20 Å². The van der Waals surface area contributed by atoms with E-state index in [1.54, 1.807) is 11.3 Å². The van der Waals surface area contributed by atoms with Crippen LogP contribution in [-0.4, -0.2) is 11.0 Å². The highest BCUT2D eigenvalue weighted by atomic mass is 32.1. The Morgan fingerprint density at radius 2 is 2.25 bits per heavy atom. The van der Waals surface area contributed by atoms with E-state index in [1.807, 2.05) is 6.20 Å². The van der Waals surface area contributed by atoms with Crippen LogP contribution in [0.1, 0.15) is 44.0 Å². The van der Waals surface area contributed by atoms with Crippen LogP contribution in [0.4, 0.5) is 0 Å². The zero-order chi connectivity index (χ0) is 12.2. The summed E-state index contributed by atoms with van der Waals surface area (Å²) in [6.45, 7) is 9.44. The summed E-state index contributed by atoms with van der Waals surface area (Å²) in [4.78, 5) is 5.69. The molecule has 0 saturated heterocycles. The molecule has 0 amide bonds. The van der Waals surface area contributed by atoms with Crippen molar-refractivity contribution in [1.29, 1.82) is 0 Å². The van der Waals surface area contributed by atoms with Gasteiger partial charge in [0, 0.05) is 23.0 Å². The molecule has 1 unspecified atom stereocenters. The smallest absolute Gasteiger partial charge is 0.0981 e. The van der Waals surface area contributed by atoms with Crippen LogP contribution < -0.4 is 5.32 Å². The fourth-order valence-corrected chi connectivity index (χ4v) is 2.20. The first-order chi connectivity index (χ1) is 7.47. The molecule has 88 valence electrons. The number of hydrogen-bond acceptors (Lipinski definition) is 3. The van der Waals surface area contributed by atoms with Gasteiger partial charge in [0.25, 0.3) is 0 Å². The molecule has 0 bridgehead atoms. The molecule has 0 radical (unpaired) electrons. The number of hydrogen-bond donors (Lipinski definition) is 1. The largest absolute Gasteiger partial charge is 0.299 e. The molecule has 1 aromatic rings. The van der Waals surface area contributed by atoms with E-state index in [9.17, 15) is 0 Å². The van der Waals surface area contributed by atoms with Gasteiger partial charge in [-0.25, -0.2) is 4.98 Å². The lowest BCUT2D eigenvalue weighted by molar-refractivity contribution is 0.585. The fourth-order valence-electron chi connectivity index (χ4n) is 1.28. The number of terminal acetylenes is 1. The first-order valence-corrected chi connectivity index (χ1v) is 6.43. The normalized spacial score (nSPS) is 13.4. The maximum atomic E-state index is 5.40. The summed E-state index contributed by atoms with van der Waals surface area (Å²) < 4.78 is 0. The summed E-state index contributed by atoms with van der Waals surface area (Å²) in [5, 5.41) is 4.51. The average molecular weight is 236 g/mol. The molecule has 0 aliphatic rings. The van der Waals surface area contributed by atoms with Gasteiger partial charge in [0.2, 0.25) is 0 Å². The molecule has 0 spiro atoms.